The van der Waals surface area contributed by atoms with Crippen LogP contribution in [0.3, 0.4) is 0 Å². The van der Waals surface area contributed by atoms with E-state index in [4.69, 9.17) is 4.42 Å². The Bertz CT molecular complexity index is 569. The maximum atomic E-state index is 13.6. The lowest BCUT2D eigenvalue weighted by atomic mass is 10.1. The molecule has 4 nitrogen and oxygen atoms in total. The molecular formula is C14H16FN3O. The lowest BCUT2D eigenvalue weighted by molar-refractivity contribution is 0.314. The number of rotatable bonds is 3. The summed E-state index contributed by atoms with van der Waals surface area (Å²) in [5.41, 5.74) is 0.741. The molecule has 0 unspecified atom stereocenters. The van der Waals surface area contributed by atoms with Gasteiger partial charge in [0, 0.05) is 25.6 Å². The van der Waals surface area contributed by atoms with Crippen LogP contribution in [0.25, 0.3) is 0 Å². The summed E-state index contributed by atoms with van der Waals surface area (Å²) in [6, 6.07) is 6.92. The third kappa shape index (κ3) is 2.66. The summed E-state index contributed by atoms with van der Waals surface area (Å²) in [5, 5.41) is 7.93. The second-order valence-corrected chi connectivity index (χ2v) is 4.97. The summed E-state index contributed by atoms with van der Waals surface area (Å²) < 4.78 is 19.1. The molecule has 1 saturated heterocycles. The van der Waals surface area contributed by atoms with E-state index in [1.807, 2.05) is 12.1 Å². The van der Waals surface area contributed by atoms with Crippen LogP contribution in [0.2, 0.25) is 0 Å². The second kappa shape index (κ2) is 5.09. The molecule has 0 amide bonds. The lowest BCUT2D eigenvalue weighted by Crippen LogP contribution is -2.20. The highest BCUT2D eigenvalue weighted by Gasteiger charge is 2.28. The fraction of sp³-hybridized carbons (Fsp3) is 0.429. The van der Waals surface area contributed by atoms with Crippen LogP contribution in [0.15, 0.2) is 28.7 Å². The van der Waals surface area contributed by atoms with Gasteiger partial charge in [-0.1, -0.05) is 18.2 Å². The maximum Gasteiger partial charge on any atom is 0.220 e. The molecule has 0 spiro atoms. The Labute approximate surface area is 111 Å². The molecule has 0 N–H and O–H groups in total. The van der Waals surface area contributed by atoms with Gasteiger partial charge < -0.3 is 4.42 Å². The SMILES string of the molecule is Cc1nnc([C@H]2CCN(Cc3ccccc3F)C2)o1. The number of hydrogen-bond donors (Lipinski definition) is 0. The predicted molar refractivity (Wildman–Crippen MR) is 68.1 cm³/mol. The van der Waals surface area contributed by atoms with E-state index in [9.17, 15) is 4.39 Å². The molecule has 1 aromatic heterocycles. The van der Waals surface area contributed by atoms with E-state index in [0.717, 1.165) is 25.1 Å². The maximum absolute atomic E-state index is 13.6. The molecule has 0 aliphatic carbocycles. The van der Waals surface area contributed by atoms with Gasteiger partial charge in [-0.2, -0.15) is 0 Å². The first-order valence-corrected chi connectivity index (χ1v) is 6.48. The molecule has 1 aliphatic rings. The predicted octanol–water partition coefficient (Wildman–Crippen LogP) is 2.51. The summed E-state index contributed by atoms with van der Waals surface area (Å²) in [6.07, 6.45) is 0.982. The molecule has 1 aromatic carbocycles. The van der Waals surface area contributed by atoms with Gasteiger partial charge in [-0.25, -0.2) is 4.39 Å². The summed E-state index contributed by atoms with van der Waals surface area (Å²) in [5.74, 6) is 1.43. The summed E-state index contributed by atoms with van der Waals surface area (Å²) >= 11 is 0. The molecule has 0 radical (unpaired) electrons. The van der Waals surface area contributed by atoms with Crippen molar-refractivity contribution in [2.24, 2.45) is 0 Å². The van der Waals surface area contributed by atoms with Crippen molar-refractivity contribution >= 4 is 0 Å². The first-order chi connectivity index (χ1) is 9.22. The van der Waals surface area contributed by atoms with Gasteiger partial charge in [0.1, 0.15) is 5.82 Å². The molecule has 5 heteroatoms. The highest BCUT2D eigenvalue weighted by Crippen LogP contribution is 2.27. The molecule has 100 valence electrons. The van der Waals surface area contributed by atoms with Crippen molar-refractivity contribution in [3.05, 3.63) is 47.4 Å². The zero-order valence-corrected chi connectivity index (χ0v) is 10.8. The largest absolute Gasteiger partial charge is 0.425 e. The minimum Gasteiger partial charge on any atom is -0.425 e. The molecule has 2 aromatic rings. The standard InChI is InChI=1S/C14H16FN3O/c1-10-16-17-14(19-10)12-6-7-18(9-12)8-11-4-2-3-5-13(11)15/h2-5,12H,6-9H2,1H3/t12-/m0/s1. The van der Waals surface area contributed by atoms with Gasteiger partial charge in [-0.15, -0.1) is 10.2 Å². The van der Waals surface area contributed by atoms with Crippen LogP contribution in [0.1, 0.15) is 29.7 Å². The minimum absolute atomic E-state index is 0.139. The van der Waals surface area contributed by atoms with E-state index in [1.54, 1.807) is 13.0 Å². The van der Waals surface area contributed by atoms with Gasteiger partial charge in [-0.05, 0) is 19.0 Å². The fourth-order valence-electron chi connectivity index (χ4n) is 2.52. The van der Waals surface area contributed by atoms with Crippen LogP contribution < -0.4 is 0 Å². The van der Waals surface area contributed by atoms with E-state index in [1.165, 1.54) is 6.07 Å². The Kier molecular flexibility index (Phi) is 3.29. The quantitative estimate of drug-likeness (QED) is 0.851. The molecule has 1 aliphatic heterocycles. The molecule has 1 atom stereocenters. The number of hydrogen-bond acceptors (Lipinski definition) is 4. The Morgan fingerprint density at radius 3 is 2.95 bits per heavy atom. The zero-order valence-electron chi connectivity index (χ0n) is 10.8. The van der Waals surface area contributed by atoms with Gasteiger partial charge in [0.15, 0.2) is 0 Å². The third-order valence-corrected chi connectivity index (χ3v) is 3.52. The lowest BCUT2D eigenvalue weighted by Gasteiger charge is -2.15. The highest BCUT2D eigenvalue weighted by atomic mass is 19.1. The van der Waals surface area contributed by atoms with Gasteiger partial charge in [0.2, 0.25) is 11.8 Å². The fourth-order valence-corrected chi connectivity index (χ4v) is 2.52. The smallest absolute Gasteiger partial charge is 0.220 e. The zero-order chi connectivity index (χ0) is 13.2. The van der Waals surface area contributed by atoms with Crippen molar-refractivity contribution in [2.75, 3.05) is 13.1 Å². The molecule has 0 bridgehead atoms. The molecule has 0 saturated carbocycles. The molecule has 1 fully saturated rings. The van der Waals surface area contributed by atoms with Crippen molar-refractivity contribution in [1.29, 1.82) is 0 Å². The van der Waals surface area contributed by atoms with Crippen molar-refractivity contribution in [1.82, 2.24) is 15.1 Å². The van der Waals surface area contributed by atoms with Gasteiger partial charge in [0.25, 0.3) is 0 Å². The number of aromatic nitrogens is 2. The average molecular weight is 261 g/mol. The molecule has 3 rings (SSSR count). The Hall–Kier alpha value is -1.75. The van der Waals surface area contributed by atoms with E-state index in [0.29, 0.717) is 18.3 Å². The Morgan fingerprint density at radius 1 is 1.37 bits per heavy atom. The van der Waals surface area contributed by atoms with Crippen molar-refractivity contribution in [3.63, 3.8) is 0 Å². The summed E-state index contributed by atoms with van der Waals surface area (Å²) in [7, 11) is 0. The van der Waals surface area contributed by atoms with E-state index in [2.05, 4.69) is 15.1 Å². The first kappa shape index (κ1) is 12.3. The molecular weight excluding hydrogens is 245 g/mol. The topological polar surface area (TPSA) is 42.2 Å². The number of nitrogens with zero attached hydrogens (tertiary/aromatic N) is 3. The van der Waals surface area contributed by atoms with Crippen molar-refractivity contribution in [3.8, 4) is 0 Å². The number of benzene rings is 1. The Balaban J connectivity index is 1.65. The van der Waals surface area contributed by atoms with E-state index >= 15 is 0 Å². The van der Waals surface area contributed by atoms with E-state index in [-0.39, 0.29) is 11.7 Å². The van der Waals surface area contributed by atoms with Crippen LogP contribution in [-0.4, -0.2) is 28.2 Å². The van der Waals surface area contributed by atoms with Crippen LogP contribution >= 0.6 is 0 Å². The highest BCUT2D eigenvalue weighted by molar-refractivity contribution is 5.17. The normalized spacial score (nSPS) is 20.0. The third-order valence-electron chi connectivity index (χ3n) is 3.52. The number of likely N-dealkylation sites (tertiary alicyclic amines) is 1. The second-order valence-electron chi connectivity index (χ2n) is 4.97. The summed E-state index contributed by atoms with van der Waals surface area (Å²) in [4.78, 5) is 2.22. The monoisotopic (exact) mass is 261 g/mol. The van der Waals surface area contributed by atoms with Gasteiger partial charge in [0.05, 0.1) is 5.92 Å². The van der Waals surface area contributed by atoms with Gasteiger partial charge in [-0.3, -0.25) is 4.90 Å². The average Bonchev–Trinajstić information content (AvgIpc) is 3.01. The summed E-state index contributed by atoms with van der Waals surface area (Å²) in [6.45, 7) is 4.20. The van der Waals surface area contributed by atoms with Crippen LogP contribution in [0.4, 0.5) is 4.39 Å². The van der Waals surface area contributed by atoms with Crippen LogP contribution in [-0.2, 0) is 6.54 Å². The van der Waals surface area contributed by atoms with Gasteiger partial charge >= 0.3 is 0 Å². The number of halogens is 1. The molecule has 2 heterocycles. The van der Waals surface area contributed by atoms with Crippen molar-refractivity contribution < 1.29 is 8.81 Å². The van der Waals surface area contributed by atoms with E-state index < -0.39 is 0 Å². The Morgan fingerprint density at radius 2 is 2.21 bits per heavy atom. The van der Waals surface area contributed by atoms with Crippen molar-refractivity contribution in [2.45, 2.75) is 25.8 Å². The first-order valence-electron chi connectivity index (χ1n) is 6.48. The minimum atomic E-state index is -0.139. The van der Waals surface area contributed by atoms with Crippen LogP contribution in [0.5, 0.6) is 0 Å². The molecule has 19 heavy (non-hydrogen) atoms. The number of aryl methyl sites for hydroxylation is 1. The van der Waals surface area contributed by atoms with Crippen LogP contribution in [0, 0.1) is 12.7 Å².